The molecule has 3 rings (SSSR count). The lowest BCUT2D eigenvalue weighted by Crippen LogP contribution is -2.33. The summed E-state index contributed by atoms with van der Waals surface area (Å²) in [6, 6.07) is 10.3. The summed E-state index contributed by atoms with van der Waals surface area (Å²) in [5, 5.41) is 0. The molecular formula is C35H54O6. The van der Waals surface area contributed by atoms with Gasteiger partial charge in [0.25, 0.3) is 0 Å². The Morgan fingerprint density at radius 3 is 1.80 bits per heavy atom. The van der Waals surface area contributed by atoms with Crippen LogP contribution in [0.15, 0.2) is 30.3 Å². The van der Waals surface area contributed by atoms with Crippen LogP contribution in [0.2, 0.25) is 0 Å². The van der Waals surface area contributed by atoms with Crippen molar-refractivity contribution in [3.63, 3.8) is 0 Å². The van der Waals surface area contributed by atoms with Crippen molar-refractivity contribution in [3.05, 3.63) is 41.5 Å². The average molecular weight is 571 g/mol. The first-order valence-corrected chi connectivity index (χ1v) is 16.2. The lowest BCUT2D eigenvalue weighted by Gasteiger charge is -2.35. The molecule has 2 aromatic carbocycles. The van der Waals surface area contributed by atoms with Gasteiger partial charge in [-0.25, -0.2) is 0 Å². The molecule has 230 valence electrons. The highest BCUT2D eigenvalue weighted by Gasteiger charge is 2.35. The van der Waals surface area contributed by atoms with E-state index in [1.807, 2.05) is 18.2 Å². The third kappa shape index (κ3) is 10.3. The normalized spacial score (nSPS) is 16.1. The van der Waals surface area contributed by atoms with Gasteiger partial charge in [-0.2, -0.15) is 0 Å². The van der Waals surface area contributed by atoms with Crippen molar-refractivity contribution in [1.82, 2.24) is 0 Å². The van der Waals surface area contributed by atoms with E-state index in [-0.39, 0.29) is 12.2 Å². The Balaban J connectivity index is 1.96. The Bertz CT molecular complexity index is 1010. The quantitative estimate of drug-likeness (QED) is 0.139. The molecule has 2 atom stereocenters. The van der Waals surface area contributed by atoms with E-state index < -0.39 is 0 Å². The molecule has 0 spiro atoms. The molecule has 0 unspecified atom stereocenters. The van der Waals surface area contributed by atoms with Crippen molar-refractivity contribution in [2.75, 3.05) is 33.0 Å². The highest BCUT2D eigenvalue weighted by molar-refractivity contribution is 5.53. The molecule has 0 N–H and O–H groups in total. The van der Waals surface area contributed by atoms with E-state index in [9.17, 15) is 0 Å². The second kappa shape index (κ2) is 18.8. The van der Waals surface area contributed by atoms with Crippen molar-refractivity contribution < 1.29 is 28.4 Å². The lowest BCUT2D eigenvalue weighted by molar-refractivity contribution is -0.0392. The third-order valence-electron chi connectivity index (χ3n) is 7.30. The van der Waals surface area contributed by atoms with Crippen LogP contribution >= 0.6 is 0 Å². The summed E-state index contributed by atoms with van der Waals surface area (Å²) in [6.07, 6.45) is 10.7. The Morgan fingerprint density at radius 2 is 1.17 bits per heavy atom. The predicted octanol–water partition coefficient (Wildman–Crippen LogP) is 9.26. The van der Waals surface area contributed by atoms with Crippen LogP contribution in [0.4, 0.5) is 0 Å². The predicted molar refractivity (Wildman–Crippen MR) is 166 cm³/mol. The molecule has 0 amide bonds. The molecule has 41 heavy (non-hydrogen) atoms. The van der Waals surface area contributed by atoms with Crippen molar-refractivity contribution in [2.24, 2.45) is 0 Å². The minimum atomic E-state index is -0.285. The Morgan fingerprint density at radius 1 is 0.610 bits per heavy atom. The summed E-state index contributed by atoms with van der Waals surface area (Å²) in [4.78, 5) is 0. The van der Waals surface area contributed by atoms with E-state index in [2.05, 4.69) is 46.8 Å². The monoisotopic (exact) mass is 570 g/mol. The number of fused-ring (bicyclic) bond motifs is 1. The van der Waals surface area contributed by atoms with Gasteiger partial charge >= 0.3 is 0 Å². The van der Waals surface area contributed by atoms with Gasteiger partial charge in [-0.3, -0.25) is 0 Å². The van der Waals surface area contributed by atoms with Gasteiger partial charge in [-0.1, -0.05) is 72.8 Å². The summed E-state index contributed by atoms with van der Waals surface area (Å²) in [7, 11) is 0. The van der Waals surface area contributed by atoms with Gasteiger partial charge in [-0.15, -0.1) is 0 Å². The zero-order valence-electron chi connectivity index (χ0n) is 26.3. The van der Waals surface area contributed by atoms with Crippen LogP contribution in [-0.2, 0) is 11.2 Å². The fourth-order valence-electron chi connectivity index (χ4n) is 4.69. The Kier molecular flexibility index (Phi) is 15.1. The first-order chi connectivity index (χ1) is 20.1. The van der Waals surface area contributed by atoms with Gasteiger partial charge < -0.3 is 28.4 Å². The molecule has 0 saturated heterocycles. The van der Waals surface area contributed by atoms with Crippen LogP contribution in [0.1, 0.15) is 116 Å². The number of benzene rings is 2. The number of hydrogen-bond acceptors (Lipinski definition) is 6. The van der Waals surface area contributed by atoms with E-state index in [1.165, 1.54) is 0 Å². The van der Waals surface area contributed by atoms with E-state index in [1.54, 1.807) is 0 Å². The fourth-order valence-corrected chi connectivity index (χ4v) is 4.69. The second-order valence-electron chi connectivity index (χ2n) is 10.9. The highest BCUT2D eigenvalue weighted by atomic mass is 16.5. The minimum absolute atomic E-state index is 0.148. The molecule has 1 heterocycles. The van der Waals surface area contributed by atoms with Crippen molar-refractivity contribution in [1.29, 1.82) is 0 Å². The summed E-state index contributed by atoms with van der Waals surface area (Å²) in [5.74, 6) is 4.00. The topological polar surface area (TPSA) is 55.4 Å². The number of hydrogen-bond donors (Lipinski definition) is 0. The molecule has 0 aromatic heterocycles. The van der Waals surface area contributed by atoms with E-state index in [4.69, 9.17) is 28.4 Å². The van der Waals surface area contributed by atoms with E-state index >= 15 is 0 Å². The molecular weight excluding hydrogens is 516 g/mol. The van der Waals surface area contributed by atoms with Gasteiger partial charge in [0.1, 0.15) is 23.4 Å². The van der Waals surface area contributed by atoms with Crippen molar-refractivity contribution in [3.8, 4) is 28.7 Å². The summed E-state index contributed by atoms with van der Waals surface area (Å²) in [6.45, 7) is 14.2. The number of rotatable bonds is 21. The zero-order valence-corrected chi connectivity index (χ0v) is 26.3. The number of ether oxygens (including phenoxy) is 6. The smallest absolute Gasteiger partial charge is 0.161 e. The van der Waals surface area contributed by atoms with Gasteiger partial charge in [-0.05, 0) is 49.8 Å². The second-order valence-corrected chi connectivity index (χ2v) is 10.9. The van der Waals surface area contributed by atoms with Crippen molar-refractivity contribution >= 4 is 0 Å². The summed E-state index contributed by atoms with van der Waals surface area (Å²) in [5.41, 5.74) is 2.08. The van der Waals surface area contributed by atoms with Gasteiger partial charge in [0.15, 0.2) is 17.6 Å². The van der Waals surface area contributed by atoms with Crippen molar-refractivity contribution in [2.45, 2.75) is 117 Å². The maximum atomic E-state index is 6.79. The summed E-state index contributed by atoms with van der Waals surface area (Å²) >= 11 is 0. The number of unbranched alkanes of at least 4 members (excludes halogenated alkanes) is 5. The molecule has 6 nitrogen and oxygen atoms in total. The standard InChI is InChI=1S/C35H54O6/c1-6-11-18-36-28-24-31(38-20-13-8-3)29-26-34(40-22-15-10-5)35(41-32(29)25-28)27-16-17-30(37-19-12-7-2)33(23-27)39-21-14-9-4/h16-17,23-25,34-35H,6-15,18-22,26H2,1-5H3/t34-,35+/m0/s1. The van der Waals surface area contributed by atoms with E-state index in [0.29, 0.717) is 39.5 Å². The summed E-state index contributed by atoms with van der Waals surface area (Å²) < 4.78 is 38.0. The van der Waals surface area contributed by atoms with Crippen LogP contribution in [-0.4, -0.2) is 39.1 Å². The van der Waals surface area contributed by atoms with Gasteiger partial charge in [0.2, 0.25) is 0 Å². The Hall–Kier alpha value is -2.60. The molecule has 1 aliphatic heterocycles. The highest BCUT2D eigenvalue weighted by Crippen LogP contribution is 2.45. The lowest BCUT2D eigenvalue weighted by atomic mass is 9.93. The molecule has 0 aliphatic carbocycles. The molecule has 1 aliphatic rings. The van der Waals surface area contributed by atoms with Gasteiger partial charge in [0, 0.05) is 30.7 Å². The SMILES string of the molecule is CCCCOc1cc(OCCCC)c2c(c1)O[C@H](c1ccc(OCCCC)c(OCCCC)c1)[C@@H](OCCCC)C2. The zero-order chi connectivity index (χ0) is 29.3. The first kappa shape index (κ1) is 32.9. The molecule has 2 aromatic rings. The molecule has 0 bridgehead atoms. The van der Waals surface area contributed by atoms with Crippen LogP contribution in [0.25, 0.3) is 0 Å². The molecule has 0 saturated carbocycles. The minimum Gasteiger partial charge on any atom is -0.493 e. The van der Waals surface area contributed by atoms with Crippen LogP contribution in [0, 0.1) is 0 Å². The van der Waals surface area contributed by atoms with Gasteiger partial charge in [0.05, 0.1) is 26.4 Å². The van der Waals surface area contributed by atoms with Crippen LogP contribution in [0.5, 0.6) is 28.7 Å². The molecule has 0 fully saturated rings. The Labute approximate surface area is 249 Å². The van der Waals surface area contributed by atoms with Crippen LogP contribution in [0.3, 0.4) is 0 Å². The molecule has 0 radical (unpaired) electrons. The largest absolute Gasteiger partial charge is 0.493 e. The van der Waals surface area contributed by atoms with Crippen LogP contribution < -0.4 is 23.7 Å². The average Bonchev–Trinajstić information content (AvgIpc) is 2.98. The maximum absolute atomic E-state index is 6.79. The fraction of sp³-hybridized carbons (Fsp3) is 0.657. The van der Waals surface area contributed by atoms with E-state index in [0.717, 1.165) is 104 Å². The molecule has 6 heteroatoms. The maximum Gasteiger partial charge on any atom is 0.161 e. The third-order valence-corrected chi connectivity index (χ3v) is 7.30. The first-order valence-electron chi connectivity index (χ1n) is 16.2.